The second kappa shape index (κ2) is 7.22. The number of carboxylic acids is 1. The molecule has 3 rings (SSSR count). The van der Waals surface area contributed by atoms with Crippen LogP contribution >= 0.6 is 0 Å². The number of aryl methyl sites for hydroxylation is 2. The van der Waals surface area contributed by atoms with Crippen molar-refractivity contribution in [2.45, 2.75) is 59.3 Å². The molecule has 0 radical (unpaired) electrons. The minimum Gasteiger partial charge on any atom is -0.478 e. The van der Waals surface area contributed by atoms with Crippen molar-refractivity contribution < 1.29 is 9.90 Å². The number of hydrogen-bond acceptors (Lipinski definition) is 2. The van der Waals surface area contributed by atoms with Crippen LogP contribution in [-0.4, -0.2) is 11.1 Å². The van der Waals surface area contributed by atoms with Gasteiger partial charge in [0, 0.05) is 11.4 Å². The first-order chi connectivity index (χ1) is 12.8. The summed E-state index contributed by atoms with van der Waals surface area (Å²) < 4.78 is 0. The van der Waals surface area contributed by atoms with Gasteiger partial charge in [0.25, 0.3) is 0 Å². The third-order valence-corrected chi connectivity index (χ3v) is 5.67. The zero-order valence-electron chi connectivity index (χ0n) is 16.9. The largest absolute Gasteiger partial charge is 0.478 e. The summed E-state index contributed by atoms with van der Waals surface area (Å²) in [6.07, 6.45) is 5.17. The van der Waals surface area contributed by atoms with E-state index in [9.17, 15) is 9.90 Å². The van der Waals surface area contributed by atoms with E-state index in [-0.39, 0.29) is 5.41 Å². The number of carboxylic acid groups (broad SMARTS) is 1. The molecular formula is C24H29NO2. The molecule has 27 heavy (non-hydrogen) atoms. The molecule has 2 N–H and O–H groups in total. The number of rotatable bonds is 5. The molecule has 1 aliphatic carbocycles. The summed E-state index contributed by atoms with van der Waals surface area (Å²) in [6, 6.07) is 10.1. The second-order valence-electron chi connectivity index (χ2n) is 8.04. The van der Waals surface area contributed by atoms with E-state index in [2.05, 4.69) is 51.2 Å². The van der Waals surface area contributed by atoms with E-state index in [0.29, 0.717) is 12.0 Å². The SMILES string of the molecule is CCC1=CCC(C)(C)c2cc(C)c(Nc3ccc(C(=O)O)c(CC)c3)cc21. The summed E-state index contributed by atoms with van der Waals surface area (Å²) in [5, 5.41) is 12.8. The Bertz CT molecular complexity index is 922. The van der Waals surface area contributed by atoms with Crippen LogP contribution < -0.4 is 5.32 Å². The fraction of sp³-hybridized carbons (Fsp3) is 0.375. The van der Waals surface area contributed by atoms with Crippen molar-refractivity contribution in [3.8, 4) is 0 Å². The second-order valence-corrected chi connectivity index (χ2v) is 8.04. The van der Waals surface area contributed by atoms with Crippen molar-refractivity contribution in [1.82, 2.24) is 0 Å². The number of allylic oxidation sites excluding steroid dienone is 2. The third-order valence-electron chi connectivity index (χ3n) is 5.67. The van der Waals surface area contributed by atoms with Crippen LogP contribution in [0.3, 0.4) is 0 Å². The molecule has 0 spiro atoms. The van der Waals surface area contributed by atoms with E-state index in [1.165, 1.54) is 22.3 Å². The van der Waals surface area contributed by atoms with Crippen LogP contribution in [0.1, 0.15) is 73.1 Å². The first-order valence-electron chi connectivity index (χ1n) is 9.74. The Morgan fingerprint density at radius 2 is 1.89 bits per heavy atom. The van der Waals surface area contributed by atoms with E-state index >= 15 is 0 Å². The lowest BCUT2D eigenvalue weighted by molar-refractivity contribution is 0.0696. The molecule has 0 bridgehead atoms. The quantitative estimate of drug-likeness (QED) is 0.639. The van der Waals surface area contributed by atoms with Crippen molar-refractivity contribution in [3.63, 3.8) is 0 Å². The monoisotopic (exact) mass is 363 g/mol. The maximum absolute atomic E-state index is 11.4. The highest BCUT2D eigenvalue weighted by Gasteiger charge is 2.28. The highest BCUT2D eigenvalue weighted by Crippen LogP contribution is 2.42. The third kappa shape index (κ3) is 3.64. The average Bonchev–Trinajstić information content (AvgIpc) is 2.63. The number of hydrogen-bond donors (Lipinski definition) is 2. The summed E-state index contributed by atoms with van der Waals surface area (Å²) in [6.45, 7) is 10.9. The zero-order valence-corrected chi connectivity index (χ0v) is 16.9. The standard InChI is InChI=1S/C24H29NO2/c1-6-16-10-11-24(4,5)21-12-15(3)22(14-20(16)21)25-18-8-9-19(23(26)27)17(7-2)13-18/h8-10,12-14,25H,6-7,11H2,1-5H3,(H,26,27). The van der Waals surface area contributed by atoms with Crippen LogP contribution in [0.2, 0.25) is 0 Å². The van der Waals surface area contributed by atoms with E-state index in [0.717, 1.165) is 29.8 Å². The van der Waals surface area contributed by atoms with Crippen LogP contribution in [0.15, 0.2) is 36.4 Å². The van der Waals surface area contributed by atoms with Crippen LogP contribution in [-0.2, 0) is 11.8 Å². The fourth-order valence-electron chi connectivity index (χ4n) is 3.93. The van der Waals surface area contributed by atoms with Crippen molar-refractivity contribution in [2.75, 3.05) is 5.32 Å². The van der Waals surface area contributed by atoms with Gasteiger partial charge in [-0.1, -0.05) is 39.8 Å². The molecular weight excluding hydrogens is 334 g/mol. The van der Waals surface area contributed by atoms with Crippen molar-refractivity contribution >= 4 is 22.9 Å². The van der Waals surface area contributed by atoms with Gasteiger partial charge >= 0.3 is 5.97 Å². The normalized spacial score (nSPS) is 15.1. The summed E-state index contributed by atoms with van der Waals surface area (Å²) in [5.74, 6) is -0.872. The Hall–Kier alpha value is -2.55. The molecule has 0 amide bonds. The van der Waals surface area contributed by atoms with Gasteiger partial charge in [-0.2, -0.15) is 0 Å². The maximum Gasteiger partial charge on any atom is 0.335 e. The predicted molar refractivity (Wildman–Crippen MR) is 113 cm³/mol. The van der Waals surface area contributed by atoms with E-state index in [1.807, 2.05) is 19.1 Å². The smallest absolute Gasteiger partial charge is 0.335 e. The number of benzene rings is 2. The topological polar surface area (TPSA) is 49.3 Å². The Balaban J connectivity index is 2.02. The van der Waals surface area contributed by atoms with Gasteiger partial charge in [-0.3, -0.25) is 0 Å². The molecule has 2 aromatic rings. The summed E-state index contributed by atoms with van der Waals surface area (Å²) in [4.78, 5) is 11.4. The Labute approximate surface area is 162 Å². The zero-order chi connectivity index (χ0) is 19.8. The molecule has 1 aliphatic rings. The number of carbonyl (C=O) groups is 1. The molecule has 0 unspecified atom stereocenters. The van der Waals surface area contributed by atoms with Crippen molar-refractivity contribution in [2.24, 2.45) is 0 Å². The lowest BCUT2D eigenvalue weighted by Gasteiger charge is -2.33. The van der Waals surface area contributed by atoms with Gasteiger partial charge in [-0.05, 0) is 83.7 Å². The first-order valence-corrected chi connectivity index (χ1v) is 9.74. The summed E-state index contributed by atoms with van der Waals surface area (Å²) in [7, 11) is 0. The van der Waals surface area contributed by atoms with Gasteiger partial charge in [0.1, 0.15) is 0 Å². The van der Waals surface area contributed by atoms with Crippen molar-refractivity contribution in [3.05, 3.63) is 64.2 Å². The number of nitrogens with one attached hydrogen (secondary N) is 1. The van der Waals surface area contributed by atoms with Crippen molar-refractivity contribution in [1.29, 1.82) is 0 Å². The minimum atomic E-state index is -0.872. The van der Waals surface area contributed by atoms with Gasteiger partial charge in [-0.15, -0.1) is 0 Å². The number of fused-ring (bicyclic) bond motifs is 1. The number of aromatic carboxylic acids is 1. The van der Waals surface area contributed by atoms with E-state index < -0.39 is 5.97 Å². The van der Waals surface area contributed by atoms with Gasteiger partial charge in [0.2, 0.25) is 0 Å². The lowest BCUT2D eigenvalue weighted by atomic mass is 9.72. The molecule has 142 valence electrons. The van der Waals surface area contributed by atoms with E-state index in [4.69, 9.17) is 0 Å². The molecule has 0 heterocycles. The Morgan fingerprint density at radius 1 is 1.15 bits per heavy atom. The van der Waals surface area contributed by atoms with Gasteiger partial charge < -0.3 is 10.4 Å². The molecule has 0 fully saturated rings. The number of anilines is 2. The summed E-state index contributed by atoms with van der Waals surface area (Å²) in [5.41, 5.74) is 8.74. The van der Waals surface area contributed by atoms with Gasteiger partial charge in [0.15, 0.2) is 0 Å². The van der Waals surface area contributed by atoms with Crippen LogP contribution in [0.5, 0.6) is 0 Å². The van der Waals surface area contributed by atoms with E-state index in [1.54, 1.807) is 6.07 Å². The molecule has 3 nitrogen and oxygen atoms in total. The lowest BCUT2D eigenvalue weighted by Crippen LogP contribution is -2.22. The Morgan fingerprint density at radius 3 is 2.52 bits per heavy atom. The van der Waals surface area contributed by atoms with Crippen LogP contribution in [0.4, 0.5) is 11.4 Å². The highest BCUT2D eigenvalue weighted by atomic mass is 16.4. The molecule has 0 aliphatic heterocycles. The van der Waals surface area contributed by atoms with Gasteiger partial charge in [-0.25, -0.2) is 4.79 Å². The Kier molecular flexibility index (Phi) is 5.14. The molecule has 0 atom stereocenters. The molecule has 2 aromatic carbocycles. The van der Waals surface area contributed by atoms with Crippen LogP contribution in [0, 0.1) is 6.92 Å². The molecule has 0 saturated carbocycles. The average molecular weight is 364 g/mol. The van der Waals surface area contributed by atoms with Crippen LogP contribution in [0.25, 0.3) is 5.57 Å². The minimum absolute atomic E-state index is 0.149. The predicted octanol–water partition coefficient (Wildman–Crippen LogP) is 6.47. The fourth-order valence-corrected chi connectivity index (χ4v) is 3.93. The molecule has 3 heteroatoms. The maximum atomic E-state index is 11.4. The molecule has 0 saturated heterocycles. The summed E-state index contributed by atoms with van der Waals surface area (Å²) >= 11 is 0. The van der Waals surface area contributed by atoms with Gasteiger partial charge in [0.05, 0.1) is 5.56 Å². The molecule has 0 aromatic heterocycles. The highest BCUT2D eigenvalue weighted by molar-refractivity contribution is 5.90. The first kappa shape index (κ1) is 19.2.